The van der Waals surface area contributed by atoms with E-state index in [0.29, 0.717) is 0 Å². The van der Waals surface area contributed by atoms with Crippen LogP contribution in [0, 0.1) is 6.92 Å². The number of ether oxygens (including phenoxy) is 2. The Morgan fingerprint density at radius 2 is 1.91 bits per heavy atom. The van der Waals surface area contributed by atoms with Gasteiger partial charge in [-0.15, -0.1) is 0 Å². The molecule has 2 fully saturated rings. The zero-order chi connectivity index (χ0) is 26.3. The number of nitrogens with one attached hydrogen (secondary N) is 1. The van der Waals surface area contributed by atoms with Gasteiger partial charge in [0.1, 0.15) is 18.4 Å². The zero-order valence-electron chi connectivity index (χ0n) is 18.4. The standard InChI is InChI=1S/C16H27N3O14P2/c1-6-4-19(16(24)18-14(6)23)10-3-8(20)9(31-10)5-29-34(25,26)33-35(27,28)32-15-13(22)11(17)12(21)7(2)30-15/h4,7-13,15,20-22H,3,5,17H2,1-2H3,(H,25,26)(H,27,28)(H,18,23,24)/p-1/t7?,8-,9-,10-,11+,12-,13?,15-/m1/s1. The van der Waals surface area contributed by atoms with Gasteiger partial charge in [0.15, 0.2) is 6.29 Å². The van der Waals surface area contributed by atoms with Crippen molar-refractivity contribution < 1.29 is 57.1 Å². The number of aromatic nitrogens is 2. The third-order valence-electron chi connectivity index (χ3n) is 5.40. The number of rotatable bonds is 8. The highest BCUT2D eigenvalue weighted by Crippen LogP contribution is 2.59. The molecule has 2 aliphatic rings. The topological polar surface area (TPSA) is 265 Å². The molecule has 35 heavy (non-hydrogen) atoms. The normalized spacial score (nSPS) is 37.0. The molecule has 0 bridgehead atoms. The van der Waals surface area contributed by atoms with Crippen LogP contribution in [-0.4, -0.2) is 79.2 Å². The summed E-state index contributed by atoms with van der Waals surface area (Å²) in [6, 6.07) is -1.34. The molecule has 0 aliphatic carbocycles. The number of H-pyrrole nitrogens is 1. The zero-order valence-corrected chi connectivity index (χ0v) is 20.2. The Morgan fingerprint density at radius 1 is 1.26 bits per heavy atom. The number of hydrogen-bond donors (Lipinski definition) is 6. The van der Waals surface area contributed by atoms with Gasteiger partial charge in [0.05, 0.1) is 31.0 Å². The number of phosphoric acid groups is 2. The largest absolute Gasteiger partial charge is 0.756 e. The summed E-state index contributed by atoms with van der Waals surface area (Å²) in [5.41, 5.74) is 4.34. The molecule has 200 valence electrons. The van der Waals surface area contributed by atoms with E-state index in [2.05, 4.69) is 18.3 Å². The lowest BCUT2D eigenvalue weighted by Crippen LogP contribution is -2.61. The minimum Gasteiger partial charge on any atom is -0.756 e. The van der Waals surface area contributed by atoms with E-state index in [4.69, 9.17) is 15.2 Å². The molecule has 0 radical (unpaired) electrons. The molecule has 3 heterocycles. The van der Waals surface area contributed by atoms with Crippen LogP contribution in [0.2, 0.25) is 0 Å². The lowest BCUT2D eigenvalue weighted by Gasteiger charge is -2.41. The second-order valence-electron chi connectivity index (χ2n) is 8.08. The summed E-state index contributed by atoms with van der Waals surface area (Å²) in [7, 11) is -11.0. The molecular weight excluding hydrogens is 520 g/mol. The van der Waals surface area contributed by atoms with Gasteiger partial charge in [-0.05, 0) is 13.8 Å². The predicted molar refractivity (Wildman–Crippen MR) is 110 cm³/mol. The maximum atomic E-state index is 12.1. The molecule has 0 amide bonds. The minimum absolute atomic E-state index is 0.152. The predicted octanol–water partition coefficient (Wildman–Crippen LogP) is -3.09. The Bertz CT molecular complexity index is 1130. The number of nitrogens with zero attached hydrogens (tertiary/aromatic N) is 1. The molecule has 1 aromatic heterocycles. The van der Waals surface area contributed by atoms with Crippen molar-refractivity contribution in [2.75, 3.05) is 6.61 Å². The fraction of sp³-hybridized carbons (Fsp3) is 0.750. The Hall–Kier alpha value is -1.30. The average molecular weight is 546 g/mol. The number of aromatic amines is 1. The van der Waals surface area contributed by atoms with E-state index in [9.17, 15) is 43.8 Å². The van der Waals surface area contributed by atoms with E-state index in [-0.39, 0.29) is 12.0 Å². The molecule has 7 N–H and O–H groups in total. The first-order valence-corrected chi connectivity index (χ1v) is 13.2. The summed E-state index contributed by atoms with van der Waals surface area (Å²) >= 11 is 0. The first kappa shape index (κ1) is 28.3. The van der Waals surface area contributed by atoms with Crippen molar-refractivity contribution >= 4 is 15.6 Å². The summed E-state index contributed by atoms with van der Waals surface area (Å²) in [6.07, 6.45) is -8.70. The maximum absolute atomic E-state index is 12.1. The Kier molecular flexibility index (Phi) is 8.56. The van der Waals surface area contributed by atoms with Crippen molar-refractivity contribution in [1.82, 2.24) is 9.55 Å². The minimum atomic E-state index is -5.64. The van der Waals surface area contributed by atoms with Crippen LogP contribution in [0.4, 0.5) is 0 Å². The van der Waals surface area contributed by atoms with Gasteiger partial charge in [-0.2, -0.15) is 0 Å². The highest BCUT2D eigenvalue weighted by molar-refractivity contribution is 7.60. The number of aryl methyl sites for hydroxylation is 1. The average Bonchev–Trinajstić information content (AvgIpc) is 3.11. The van der Waals surface area contributed by atoms with Crippen molar-refractivity contribution in [3.05, 3.63) is 32.6 Å². The monoisotopic (exact) mass is 546 g/mol. The number of aliphatic hydroxyl groups excluding tert-OH is 3. The van der Waals surface area contributed by atoms with Crippen LogP contribution >= 0.6 is 15.6 Å². The van der Waals surface area contributed by atoms with Gasteiger partial charge in [-0.1, -0.05) is 0 Å². The molecule has 10 atom stereocenters. The molecule has 0 saturated carbocycles. The van der Waals surface area contributed by atoms with Crippen molar-refractivity contribution in [3.63, 3.8) is 0 Å². The van der Waals surface area contributed by atoms with Gasteiger partial charge < -0.3 is 40.3 Å². The molecule has 4 unspecified atom stereocenters. The molecule has 0 spiro atoms. The van der Waals surface area contributed by atoms with E-state index in [1.165, 1.54) is 20.0 Å². The van der Waals surface area contributed by atoms with Gasteiger partial charge >= 0.3 is 13.5 Å². The Labute approximate surface area is 197 Å². The lowest BCUT2D eigenvalue weighted by atomic mass is 9.98. The summed E-state index contributed by atoms with van der Waals surface area (Å²) in [5.74, 6) is 0. The molecule has 17 nitrogen and oxygen atoms in total. The highest BCUT2D eigenvalue weighted by Gasteiger charge is 2.44. The van der Waals surface area contributed by atoms with E-state index < -0.39 is 82.6 Å². The van der Waals surface area contributed by atoms with Crippen molar-refractivity contribution in [2.45, 2.75) is 69.3 Å². The third kappa shape index (κ3) is 6.72. The fourth-order valence-corrected chi connectivity index (χ4v) is 5.57. The van der Waals surface area contributed by atoms with E-state index in [0.717, 1.165) is 4.57 Å². The van der Waals surface area contributed by atoms with Crippen LogP contribution in [0.15, 0.2) is 15.8 Å². The summed E-state index contributed by atoms with van der Waals surface area (Å²) in [4.78, 5) is 47.4. The first-order valence-electron chi connectivity index (χ1n) is 10.2. The van der Waals surface area contributed by atoms with Gasteiger partial charge in [-0.3, -0.25) is 28.0 Å². The van der Waals surface area contributed by atoms with Gasteiger partial charge in [0.25, 0.3) is 13.4 Å². The number of nitrogens with two attached hydrogens (primary N) is 1. The second-order valence-corrected chi connectivity index (χ2v) is 11.0. The molecule has 0 aromatic carbocycles. The van der Waals surface area contributed by atoms with E-state index in [1.807, 2.05) is 0 Å². The molecular formula is C16H26N3O14P2-. The van der Waals surface area contributed by atoms with Crippen LogP contribution in [0.25, 0.3) is 0 Å². The smallest absolute Gasteiger partial charge is 0.478 e. The van der Waals surface area contributed by atoms with E-state index in [1.54, 1.807) is 0 Å². The van der Waals surface area contributed by atoms with Crippen LogP contribution in [-0.2, 0) is 32.0 Å². The summed E-state index contributed by atoms with van der Waals surface area (Å²) < 4.78 is 48.8. The van der Waals surface area contributed by atoms with Crippen LogP contribution in [0.5, 0.6) is 0 Å². The van der Waals surface area contributed by atoms with Crippen molar-refractivity contribution in [3.8, 4) is 0 Å². The SMILES string of the molecule is Cc1cn([C@H]2C[C@@H](O)[C@@H](COP(=O)(O)OP(=O)([O-])O[C@H]3OC(C)[C@@H](O)[C@H](N)C3O)O2)c(=O)[nH]c1=O. The number of aliphatic hydroxyl groups is 3. The van der Waals surface area contributed by atoms with Gasteiger partial charge in [0.2, 0.25) is 0 Å². The van der Waals surface area contributed by atoms with Crippen molar-refractivity contribution in [1.29, 1.82) is 0 Å². The van der Waals surface area contributed by atoms with Crippen LogP contribution in [0.1, 0.15) is 25.1 Å². The highest BCUT2D eigenvalue weighted by atomic mass is 31.3. The van der Waals surface area contributed by atoms with Gasteiger partial charge in [0, 0.05) is 18.2 Å². The third-order valence-corrected chi connectivity index (χ3v) is 7.96. The van der Waals surface area contributed by atoms with Crippen LogP contribution < -0.4 is 21.9 Å². The summed E-state index contributed by atoms with van der Waals surface area (Å²) in [6.45, 7) is 1.93. The Morgan fingerprint density at radius 3 is 2.57 bits per heavy atom. The molecule has 3 rings (SSSR count). The van der Waals surface area contributed by atoms with Crippen LogP contribution in [0.3, 0.4) is 0 Å². The number of hydrogen-bond acceptors (Lipinski definition) is 14. The number of phosphoric ester groups is 2. The molecule has 2 aliphatic heterocycles. The first-order chi connectivity index (χ1) is 16.1. The van der Waals surface area contributed by atoms with Gasteiger partial charge in [-0.25, -0.2) is 13.7 Å². The molecule has 19 heteroatoms. The maximum Gasteiger partial charge on any atom is 0.478 e. The second kappa shape index (κ2) is 10.6. The van der Waals surface area contributed by atoms with E-state index >= 15 is 0 Å². The van der Waals surface area contributed by atoms with Crippen molar-refractivity contribution in [2.24, 2.45) is 5.73 Å². The Balaban J connectivity index is 1.59. The quantitative estimate of drug-likeness (QED) is 0.176. The summed E-state index contributed by atoms with van der Waals surface area (Å²) in [5, 5.41) is 29.8. The fourth-order valence-electron chi connectivity index (χ4n) is 3.46. The lowest BCUT2D eigenvalue weighted by molar-refractivity contribution is -0.278. The molecule has 1 aromatic rings. The molecule has 2 saturated heterocycles.